The SMILES string of the molecule is C[C@H](NC(=O)CN1C(=O)c2ccccc2C1=O)c1ccc2c(c1)OCCO2. The van der Waals surface area contributed by atoms with E-state index in [-0.39, 0.29) is 12.6 Å². The van der Waals surface area contributed by atoms with E-state index in [1.54, 1.807) is 30.3 Å². The molecule has 0 bridgehead atoms. The first kappa shape index (κ1) is 17.1. The van der Waals surface area contributed by atoms with Gasteiger partial charge in [-0.15, -0.1) is 0 Å². The summed E-state index contributed by atoms with van der Waals surface area (Å²) in [7, 11) is 0. The van der Waals surface area contributed by atoms with Gasteiger partial charge in [0.25, 0.3) is 11.8 Å². The Balaban J connectivity index is 1.43. The van der Waals surface area contributed by atoms with Crippen molar-refractivity contribution < 1.29 is 23.9 Å². The predicted molar refractivity (Wildman–Crippen MR) is 95.8 cm³/mol. The molecule has 1 N–H and O–H groups in total. The maximum Gasteiger partial charge on any atom is 0.262 e. The number of ether oxygens (including phenoxy) is 2. The van der Waals surface area contributed by atoms with Crippen LogP contribution < -0.4 is 14.8 Å². The lowest BCUT2D eigenvalue weighted by atomic mass is 10.1. The largest absolute Gasteiger partial charge is 0.486 e. The van der Waals surface area contributed by atoms with Crippen molar-refractivity contribution in [3.05, 3.63) is 59.2 Å². The predicted octanol–water partition coefficient (Wildman–Crippen LogP) is 1.93. The van der Waals surface area contributed by atoms with Crippen LogP contribution in [0.3, 0.4) is 0 Å². The minimum Gasteiger partial charge on any atom is -0.486 e. The highest BCUT2D eigenvalue weighted by Crippen LogP contribution is 2.32. The molecule has 2 aliphatic heterocycles. The molecule has 27 heavy (non-hydrogen) atoms. The number of imide groups is 1. The van der Waals surface area contributed by atoms with E-state index in [2.05, 4.69) is 5.32 Å². The molecule has 2 aliphatic rings. The number of benzene rings is 2. The zero-order valence-electron chi connectivity index (χ0n) is 14.7. The summed E-state index contributed by atoms with van der Waals surface area (Å²) in [5, 5.41) is 2.82. The quantitative estimate of drug-likeness (QED) is 0.836. The number of carbonyl (C=O) groups excluding carboxylic acids is 3. The summed E-state index contributed by atoms with van der Waals surface area (Å²) in [6.45, 7) is 2.50. The van der Waals surface area contributed by atoms with Crippen molar-refractivity contribution >= 4 is 17.7 Å². The number of hydrogen-bond acceptors (Lipinski definition) is 5. The fourth-order valence-electron chi connectivity index (χ4n) is 3.23. The molecule has 0 aliphatic carbocycles. The second-order valence-electron chi connectivity index (χ2n) is 6.43. The van der Waals surface area contributed by atoms with Crippen molar-refractivity contribution in [1.82, 2.24) is 10.2 Å². The fourth-order valence-corrected chi connectivity index (χ4v) is 3.23. The van der Waals surface area contributed by atoms with Crippen molar-refractivity contribution in [2.75, 3.05) is 19.8 Å². The maximum absolute atomic E-state index is 12.4. The number of rotatable bonds is 4. The van der Waals surface area contributed by atoms with Gasteiger partial charge >= 0.3 is 0 Å². The summed E-state index contributed by atoms with van der Waals surface area (Å²) in [6.07, 6.45) is 0. The fraction of sp³-hybridized carbons (Fsp3) is 0.250. The first-order chi connectivity index (χ1) is 13.0. The van der Waals surface area contributed by atoms with Gasteiger partial charge in [0.15, 0.2) is 11.5 Å². The molecule has 0 aromatic heterocycles. The molecule has 0 fully saturated rings. The molecule has 7 heteroatoms. The molecule has 0 spiro atoms. The summed E-state index contributed by atoms with van der Waals surface area (Å²) in [6, 6.07) is 11.7. The third-order valence-corrected chi connectivity index (χ3v) is 4.62. The van der Waals surface area contributed by atoms with Gasteiger partial charge < -0.3 is 14.8 Å². The number of hydrogen-bond donors (Lipinski definition) is 1. The van der Waals surface area contributed by atoms with Crippen LogP contribution in [0.25, 0.3) is 0 Å². The summed E-state index contributed by atoms with van der Waals surface area (Å²) < 4.78 is 11.0. The second kappa shape index (κ2) is 6.75. The Hall–Kier alpha value is -3.35. The van der Waals surface area contributed by atoms with E-state index in [4.69, 9.17) is 9.47 Å². The standard InChI is InChI=1S/C20H18N2O5/c1-12(13-6-7-16-17(10-13)27-9-8-26-16)21-18(23)11-22-19(24)14-4-2-3-5-15(14)20(22)25/h2-7,10,12H,8-9,11H2,1H3,(H,21,23)/t12-/m0/s1. The molecule has 0 radical (unpaired) electrons. The van der Waals surface area contributed by atoms with Crippen LogP contribution in [-0.2, 0) is 4.79 Å². The number of amides is 3. The maximum atomic E-state index is 12.4. The summed E-state index contributed by atoms with van der Waals surface area (Å²) in [5.74, 6) is 0.0112. The van der Waals surface area contributed by atoms with E-state index >= 15 is 0 Å². The Bertz CT molecular complexity index is 905. The average molecular weight is 366 g/mol. The summed E-state index contributed by atoms with van der Waals surface area (Å²) >= 11 is 0. The third-order valence-electron chi connectivity index (χ3n) is 4.62. The van der Waals surface area contributed by atoms with Gasteiger partial charge in [-0.25, -0.2) is 0 Å². The van der Waals surface area contributed by atoms with Crippen LogP contribution in [0.4, 0.5) is 0 Å². The molecule has 138 valence electrons. The molecule has 3 amide bonds. The molecule has 0 unspecified atom stereocenters. The van der Waals surface area contributed by atoms with Crippen LogP contribution in [0.1, 0.15) is 39.2 Å². The number of carbonyl (C=O) groups is 3. The van der Waals surface area contributed by atoms with Gasteiger partial charge in [0, 0.05) is 0 Å². The number of nitrogens with zero attached hydrogens (tertiary/aromatic N) is 1. The highest BCUT2D eigenvalue weighted by molar-refractivity contribution is 6.22. The lowest BCUT2D eigenvalue weighted by Crippen LogP contribution is -2.41. The van der Waals surface area contributed by atoms with Crippen molar-refractivity contribution in [3.63, 3.8) is 0 Å². The lowest BCUT2D eigenvalue weighted by molar-refractivity contribution is -0.122. The number of nitrogens with one attached hydrogen (secondary N) is 1. The molecular weight excluding hydrogens is 348 g/mol. The second-order valence-corrected chi connectivity index (χ2v) is 6.43. The minimum absolute atomic E-state index is 0.316. The van der Waals surface area contributed by atoms with E-state index < -0.39 is 17.7 Å². The third kappa shape index (κ3) is 3.12. The Labute approximate surface area is 155 Å². The van der Waals surface area contributed by atoms with Crippen molar-refractivity contribution in [2.45, 2.75) is 13.0 Å². The van der Waals surface area contributed by atoms with Gasteiger partial charge in [0.2, 0.25) is 5.91 Å². The van der Waals surface area contributed by atoms with Crippen LogP contribution in [-0.4, -0.2) is 42.4 Å². The number of fused-ring (bicyclic) bond motifs is 2. The topological polar surface area (TPSA) is 84.9 Å². The van der Waals surface area contributed by atoms with E-state index in [1.807, 2.05) is 19.1 Å². The normalized spacial score (nSPS) is 16.1. The van der Waals surface area contributed by atoms with Gasteiger partial charge in [0.05, 0.1) is 17.2 Å². The zero-order valence-corrected chi connectivity index (χ0v) is 14.7. The van der Waals surface area contributed by atoms with Gasteiger partial charge in [-0.2, -0.15) is 0 Å². The van der Waals surface area contributed by atoms with Crippen LogP contribution in [0.15, 0.2) is 42.5 Å². The van der Waals surface area contributed by atoms with Gasteiger partial charge in [-0.05, 0) is 36.8 Å². The van der Waals surface area contributed by atoms with E-state index in [0.717, 1.165) is 10.5 Å². The van der Waals surface area contributed by atoms with E-state index in [1.165, 1.54) is 0 Å². The van der Waals surface area contributed by atoms with Crippen molar-refractivity contribution in [3.8, 4) is 11.5 Å². The van der Waals surface area contributed by atoms with Crippen molar-refractivity contribution in [1.29, 1.82) is 0 Å². The monoisotopic (exact) mass is 366 g/mol. The first-order valence-electron chi connectivity index (χ1n) is 8.69. The first-order valence-corrected chi connectivity index (χ1v) is 8.69. The van der Waals surface area contributed by atoms with Crippen LogP contribution in [0, 0.1) is 0 Å². The van der Waals surface area contributed by atoms with Gasteiger partial charge in [-0.3, -0.25) is 19.3 Å². The van der Waals surface area contributed by atoms with Crippen LogP contribution in [0.5, 0.6) is 11.5 Å². The Morgan fingerprint density at radius 3 is 2.33 bits per heavy atom. The van der Waals surface area contributed by atoms with Gasteiger partial charge in [-0.1, -0.05) is 18.2 Å². The lowest BCUT2D eigenvalue weighted by Gasteiger charge is -2.21. The van der Waals surface area contributed by atoms with Crippen LogP contribution in [0.2, 0.25) is 0 Å². The molecule has 4 rings (SSSR count). The Morgan fingerprint density at radius 2 is 1.67 bits per heavy atom. The Kier molecular flexibility index (Phi) is 4.27. The Morgan fingerprint density at radius 1 is 1.04 bits per heavy atom. The molecule has 0 saturated carbocycles. The summed E-state index contributed by atoms with van der Waals surface area (Å²) in [5.41, 5.74) is 1.50. The minimum atomic E-state index is -0.447. The average Bonchev–Trinajstić information content (AvgIpc) is 2.92. The van der Waals surface area contributed by atoms with E-state index in [9.17, 15) is 14.4 Å². The van der Waals surface area contributed by atoms with E-state index in [0.29, 0.717) is 35.8 Å². The molecule has 2 aromatic carbocycles. The molecule has 0 saturated heterocycles. The smallest absolute Gasteiger partial charge is 0.262 e. The molecule has 2 heterocycles. The molecule has 7 nitrogen and oxygen atoms in total. The molecule has 2 aromatic rings. The van der Waals surface area contributed by atoms with Crippen molar-refractivity contribution in [2.24, 2.45) is 0 Å². The van der Waals surface area contributed by atoms with Crippen LogP contribution >= 0.6 is 0 Å². The summed E-state index contributed by atoms with van der Waals surface area (Å²) in [4.78, 5) is 38.1. The molecular formula is C20H18N2O5. The molecule has 1 atom stereocenters. The zero-order chi connectivity index (χ0) is 19.0. The van der Waals surface area contributed by atoms with Gasteiger partial charge in [0.1, 0.15) is 19.8 Å². The highest BCUT2D eigenvalue weighted by atomic mass is 16.6. The highest BCUT2D eigenvalue weighted by Gasteiger charge is 2.36.